The molecule has 1 amide bonds. The SMILES string of the molecule is CCS(=O)(=O)c1ccc(CC(=O)Nc2ccc(-c3nc4cc(OC)ccc4n3C(C)c3ccc(C)cc3)cc2)cc1. The van der Waals surface area contributed by atoms with E-state index in [4.69, 9.17) is 9.72 Å². The van der Waals surface area contributed by atoms with Crippen LogP contribution >= 0.6 is 0 Å². The summed E-state index contributed by atoms with van der Waals surface area (Å²) in [6.07, 6.45) is 0.139. The van der Waals surface area contributed by atoms with Crippen molar-refractivity contribution in [2.75, 3.05) is 18.2 Å². The van der Waals surface area contributed by atoms with E-state index in [0.717, 1.165) is 33.7 Å². The monoisotopic (exact) mass is 567 g/mol. The van der Waals surface area contributed by atoms with Gasteiger partial charge in [-0.1, -0.05) is 48.9 Å². The minimum atomic E-state index is -3.27. The van der Waals surface area contributed by atoms with Crippen molar-refractivity contribution in [2.24, 2.45) is 0 Å². The zero-order chi connectivity index (χ0) is 29.1. The molecule has 210 valence electrons. The summed E-state index contributed by atoms with van der Waals surface area (Å²) in [5, 5.41) is 2.93. The number of imidazole rings is 1. The summed E-state index contributed by atoms with van der Waals surface area (Å²) >= 11 is 0. The summed E-state index contributed by atoms with van der Waals surface area (Å²) < 4.78 is 31.7. The molecule has 0 fully saturated rings. The number of aromatic nitrogens is 2. The Hall–Kier alpha value is -4.43. The van der Waals surface area contributed by atoms with E-state index in [1.165, 1.54) is 11.1 Å². The second-order valence-electron chi connectivity index (χ2n) is 10.1. The minimum Gasteiger partial charge on any atom is -0.497 e. The third kappa shape index (κ3) is 6.02. The number of sulfone groups is 1. The first kappa shape index (κ1) is 28.1. The number of hydrogen-bond donors (Lipinski definition) is 1. The van der Waals surface area contributed by atoms with Crippen molar-refractivity contribution < 1.29 is 17.9 Å². The highest BCUT2D eigenvalue weighted by atomic mass is 32.2. The predicted octanol–water partition coefficient (Wildman–Crippen LogP) is 6.60. The highest BCUT2D eigenvalue weighted by Gasteiger charge is 2.19. The van der Waals surface area contributed by atoms with E-state index in [-0.39, 0.29) is 29.0 Å². The van der Waals surface area contributed by atoms with Gasteiger partial charge in [-0.25, -0.2) is 13.4 Å². The van der Waals surface area contributed by atoms with Gasteiger partial charge in [0.25, 0.3) is 0 Å². The Morgan fingerprint density at radius 2 is 1.63 bits per heavy atom. The second-order valence-corrected chi connectivity index (χ2v) is 12.4. The van der Waals surface area contributed by atoms with Gasteiger partial charge in [0.2, 0.25) is 5.91 Å². The molecule has 1 aromatic heterocycles. The number of rotatable bonds is 9. The van der Waals surface area contributed by atoms with Gasteiger partial charge in [-0.15, -0.1) is 0 Å². The maximum atomic E-state index is 12.7. The number of methoxy groups -OCH3 is 1. The molecule has 0 saturated carbocycles. The van der Waals surface area contributed by atoms with Crippen molar-refractivity contribution in [3.05, 3.63) is 108 Å². The van der Waals surface area contributed by atoms with Gasteiger partial charge in [-0.2, -0.15) is 0 Å². The Kier molecular flexibility index (Phi) is 7.94. The summed E-state index contributed by atoms with van der Waals surface area (Å²) in [4.78, 5) is 18.0. The molecule has 1 N–H and O–H groups in total. The second kappa shape index (κ2) is 11.6. The Morgan fingerprint density at radius 3 is 2.27 bits per heavy atom. The number of amides is 1. The Morgan fingerprint density at radius 1 is 0.951 bits per heavy atom. The molecule has 0 aliphatic heterocycles. The molecule has 0 saturated heterocycles. The van der Waals surface area contributed by atoms with E-state index >= 15 is 0 Å². The van der Waals surface area contributed by atoms with Crippen molar-refractivity contribution in [2.45, 2.75) is 38.1 Å². The molecule has 5 rings (SSSR count). The van der Waals surface area contributed by atoms with Crippen LogP contribution in [0, 0.1) is 6.92 Å². The topological polar surface area (TPSA) is 90.3 Å². The van der Waals surface area contributed by atoms with Gasteiger partial charge in [0.05, 0.1) is 41.3 Å². The molecule has 1 unspecified atom stereocenters. The van der Waals surface area contributed by atoms with E-state index < -0.39 is 9.84 Å². The fourth-order valence-corrected chi connectivity index (χ4v) is 5.75. The number of nitrogens with zero attached hydrogens (tertiary/aromatic N) is 2. The predicted molar refractivity (Wildman–Crippen MR) is 163 cm³/mol. The fourth-order valence-electron chi connectivity index (χ4n) is 4.87. The largest absolute Gasteiger partial charge is 0.497 e. The van der Waals surface area contributed by atoms with Gasteiger partial charge >= 0.3 is 0 Å². The lowest BCUT2D eigenvalue weighted by Crippen LogP contribution is -2.14. The van der Waals surface area contributed by atoms with E-state index in [1.807, 2.05) is 42.5 Å². The van der Waals surface area contributed by atoms with Crippen LogP contribution in [0.1, 0.15) is 36.6 Å². The number of aryl methyl sites for hydroxylation is 1. The van der Waals surface area contributed by atoms with Gasteiger partial charge in [-0.05, 0) is 73.5 Å². The lowest BCUT2D eigenvalue weighted by molar-refractivity contribution is -0.115. The highest BCUT2D eigenvalue weighted by Crippen LogP contribution is 2.33. The molecule has 4 aromatic carbocycles. The van der Waals surface area contributed by atoms with Crippen LogP contribution in [0.2, 0.25) is 0 Å². The van der Waals surface area contributed by atoms with E-state index in [2.05, 4.69) is 48.0 Å². The van der Waals surface area contributed by atoms with Crippen LogP contribution in [-0.2, 0) is 21.1 Å². The standard InChI is InChI=1S/C33H33N3O4S/c1-5-41(38,39)29-17-8-24(9-18-29)20-32(37)34-27-14-12-26(13-15-27)33-35-30-21-28(40-4)16-19-31(30)36(33)23(3)25-10-6-22(2)7-11-25/h6-19,21,23H,5,20H2,1-4H3,(H,34,37). The first-order chi connectivity index (χ1) is 19.7. The number of anilines is 1. The third-order valence-electron chi connectivity index (χ3n) is 7.30. The zero-order valence-corrected chi connectivity index (χ0v) is 24.4. The van der Waals surface area contributed by atoms with Crippen LogP contribution in [0.25, 0.3) is 22.4 Å². The Labute approximate surface area is 240 Å². The smallest absolute Gasteiger partial charge is 0.228 e. The molecular formula is C33H33N3O4S. The van der Waals surface area contributed by atoms with Crippen molar-refractivity contribution in [3.63, 3.8) is 0 Å². The average molecular weight is 568 g/mol. The third-order valence-corrected chi connectivity index (χ3v) is 9.05. The van der Waals surface area contributed by atoms with Gasteiger partial charge in [0.15, 0.2) is 9.84 Å². The van der Waals surface area contributed by atoms with Crippen molar-refractivity contribution in [1.82, 2.24) is 9.55 Å². The van der Waals surface area contributed by atoms with Gasteiger partial charge in [0.1, 0.15) is 11.6 Å². The molecule has 0 bridgehead atoms. The summed E-state index contributed by atoms with van der Waals surface area (Å²) in [5.74, 6) is 1.42. The quantitative estimate of drug-likeness (QED) is 0.217. The molecular weight excluding hydrogens is 534 g/mol. The van der Waals surface area contributed by atoms with E-state index in [0.29, 0.717) is 5.69 Å². The summed E-state index contributed by atoms with van der Waals surface area (Å²) in [7, 11) is -1.63. The normalized spacial score (nSPS) is 12.3. The van der Waals surface area contributed by atoms with Gasteiger partial charge < -0.3 is 14.6 Å². The van der Waals surface area contributed by atoms with Crippen molar-refractivity contribution >= 4 is 32.5 Å². The summed E-state index contributed by atoms with van der Waals surface area (Å²) in [5.41, 5.74) is 6.56. The molecule has 7 nitrogen and oxygen atoms in total. The lowest BCUT2D eigenvalue weighted by atomic mass is 10.1. The number of ether oxygens (including phenoxy) is 1. The van der Waals surface area contributed by atoms with Gasteiger partial charge in [0, 0.05) is 17.3 Å². The first-order valence-corrected chi connectivity index (χ1v) is 15.2. The number of hydrogen-bond acceptors (Lipinski definition) is 5. The molecule has 0 radical (unpaired) electrons. The Bertz CT molecular complexity index is 1790. The van der Waals surface area contributed by atoms with Crippen LogP contribution in [0.15, 0.2) is 95.9 Å². The average Bonchev–Trinajstić information content (AvgIpc) is 3.36. The van der Waals surface area contributed by atoms with Crippen LogP contribution in [-0.4, -0.2) is 36.7 Å². The Balaban J connectivity index is 1.39. The maximum Gasteiger partial charge on any atom is 0.228 e. The summed E-state index contributed by atoms with van der Waals surface area (Å²) in [6, 6.07) is 28.6. The number of carbonyl (C=O) groups excluding carboxylic acids is 1. The summed E-state index contributed by atoms with van der Waals surface area (Å²) in [6.45, 7) is 5.85. The van der Waals surface area contributed by atoms with Crippen LogP contribution in [0.3, 0.4) is 0 Å². The van der Waals surface area contributed by atoms with Crippen LogP contribution in [0.4, 0.5) is 5.69 Å². The van der Waals surface area contributed by atoms with Gasteiger partial charge in [-0.3, -0.25) is 4.79 Å². The van der Waals surface area contributed by atoms with E-state index in [9.17, 15) is 13.2 Å². The zero-order valence-electron chi connectivity index (χ0n) is 23.6. The molecule has 0 spiro atoms. The molecule has 1 atom stereocenters. The molecule has 1 heterocycles. The molecule has 0 aliphatic carbocycles. The molecule has 0 aliphatic rings. The molecule has 8 heteroatoms. The minimum absolute atomic E-state index is 0.0297. The van der Waals surface area contributed by atoms with Crippen LogP contribution < -0.4 is 10.1 Å². The number of nitrogens with one attached hydrogen (secondary N) is 1. The number of carbonyl (C=O) groups is 1. The molecule has 5 aromatic rings. The van der Waals surface area contributed by atoms with E-state index in [1.54, 1.807) is 38.3 Å². The fraction of sp³-hybridized carbons (Fsp3) is 0.212. The number of fused-ring (bicyclic) bond motifs is 1. The van der Waals surface area contributed by atoms with Crippen molar-refractivity contribution in [1.29, 1.82) is 0 Å². The van der Waals surface area contributed by atoms with Crippen LogP contribution in [0.5, 0.6) is 5.75 Å². The first-order valence-electron chi connectivity index (χ1n) is 13.5. The number of benzene rings is 4. The molecule has 41 heavy (non-hydrogen) atoms. The highest BCUT2D eigenvalue weighted by molar-refractivity contribution is 7.91. The maximum absolute atomic E-state index is 12.7. The lowest BCUT2D eigenvalue weighted by Gasteiger charge is -2.19. The van der Waals surface area contributed by atoms with Crippen molar-refractivity contribution in [3.8, 4) is 17.1 Å².